The van der Waals surface area contributed by atoms with Crippen molar-refractivity contribution in [3.63, 3.8) is 0 Å². The first-order valence-corrected chi connectivity index (χ1v) is 5.10. The Balaban J connectivity index is 2.56. The maximum Gasteiger partial charge on any atom is 0.165 e. The molecule has 84 valence electrons. The van der Waals surface area contributed by atoms with Crippen LogP contribution in [0.1, 0.15) is 12.5 Å². The van der Waals surface area contributed by atoms with Crippen LogP contribution in [0.25, 0.3) is 0 Å². The third-order valence-corrected chi connectivity index (χ3v) is 2.03. The summed E-state index contributed by atoms with van der Waals surface area (Å²) in [5, 5.41) is 2.98. The molecule has 0 fully saturated rings. The van der Waals surface area contributed by atoms with Gasteiger partial charge < -0.3 is 15.8 Å². The predicted octanol–water partition coefficient (Wildman–Crippen LogP) is 1.27. The highest BCUT2D eigenvalue weighted by Gasteiger charge is 2.03. The van der Waals surface area contributed by atoms with Gasteiger partial charge in [0.2, 0.25) is 0 Å². The van der Waals surface area contributed by atoms with Crippen LogP contribution >= 0.6 is 0 Å². The molecule has 0 heterocycles. The quantitative estimate of drug-likeness (QED) is 0.551. The highest BCUT2D eigenvalue weighted by molar-refractivity contribution is 5.29. The first kappa shape index (κ1) is 11.9. The van der Waals surface area contributed by atoms with Crippen LogP contribution in [0.3, 0.4) is 0 Å². The summed E-state index contributed by atoms with van der Waals surface area (Å²) in [7, 11) is 0. The van der Waals surface area contributed by atoms with Gasteiger partial charge in [-0.05, 0) is 31.0 Å². The predicted molar refractivity (Wildman–Crippen MR) is 58.3 cm³/mol. The van der Waals surface area contributed by atoms with Gasteiger partial charge in [0.05, 0.1) is 6.61 Å². The van der Waals surface area contributed by atoms with E-state index in [-0.39, 0.29) is 5.82 Å². The van der Waals surface area contributed by atoms with E-state index in [1.807, 2.05) is 13.0 Å². The number of benzene rings is 1. The molecule has 15 heavy (non-hydrogen) atoms. The lowest BCUT2D eigenvalue weighted by Crippen LogP contribution is -2.24. The highest BCUT2D eigenvalue weighted by atomic mass is 19.1. The Labute approximate surface area is 89.4 Å². The van der Waals surface area contributed by atoms with Crippen molar-refractivity contribution in [2.75, 3.05) is 19.8 Å². The van der Waals surface area contributed by atoms with E-state index in [0.29, 0.717) is 19.0 Å². The van der Waals surface area contributed by atoms with Crippen molar-refractivity contribution >= 4 is 0 Å². The normalized spacial score (nSPS) is 10.3. The molecule has 0 aliphatic heterocycles. The lowest BCUT2D eigenvalue weighted by atomic mass is 10.1. The van der Waals surface area contributed by atoms with Crippen LogP contribution in [-0.2, 0) is 6.42 Å². The number of hydrogen-bond donors (Lipinski definition) is 2. The van der Waals surface area contributed by atoms with Crippen LogP contribution in [-0.4, -0.2) is 19.8 Å². The first-order valence-electron chi connectivity index (χ1n) is 5.10. The summed E-state index contributed by atoms with van der Waals surface area (Å²) in [6.07, 6.45) is 0.764. The van der Waals surface area contributed by atoms with E-state index in [9.17, 15) is 4.39 Å². The SMILES string of the molecule is CCOc1ccc(CCNCN)cc1F. The molecule has 0 saturated heterocycles. The number of ether oxygens (including phenoxy) is 1. The highest BCUT2D eigenvalue weighted by Crippen LogP contribution is 2.18. The Morgan fingerprint density at radius 3 is 2.87 bits per heavy atom. The fourth-order valence-corrected chi connectivity index (χ4v) is 1.31. The smallest absolute Gasteiger partial charge is 0.165 e. The number of rotatable bonds is 6. The van der Waals surface area contributed by atoms with Gasteiger partial charge in [-0.15, -0.1) is 0 Å². The van der Waals surface area contributed by atoms with Gasteiger partial charge in [-0.2, -0.15) is 0 Å². The molecular weight excluding hydrogens is 195 g/mol. The van der Waals surface area contributed by atoms with Crippen molar-refractivity contribution in [1.29, 1.82) is 0 Å². The minimum Gasteiger partial charge on any atom is -0.491 e. The van der Waals surface area contributed by atoms with Crippen molar-refractivity contribution in [3.8, 4) is 5.75 Å². The largest absolute Gasteiger partial charge is 0.491 e. The summed E-state index contributed by atoms with van der Waals surface area (Å²) in [5.74, 6) is 0.00938. The number of halogens is 1. The second-order valence-electron chi connectivity index (χ2n) is 3.15. The zero-order valence-electron chi connectivity index (χ0n) is 8.92. The van der Waals surface area contributed by atoms with Gasteiger partial charge in [0, 0.05) is 13.2 Å². The lowest BCUT2D eigenvalue weighted by molar-refractivity contribution is 0.321. The zero-order valence-corrected chi connectivity index (χ0v) is 8.92. The summed E-state index contributed by atoms with van der Waals surface area (Å²) in [4.78, 5) is 0. The summed E-state index contributed by atoms with van der Waals surface area (Å²) in [5.41, 5.74) is 6.22. The summed E-state index contributed by atoms with van der Waals surface area (Å²) in [6, 6.07) is 5.03. The molecule has 0 unspecified atom stereocenters. The Bertz CT molecular complexity index is 305. The van der Waals surface area contributed by atoms with E-state index in [4.69, 9.17) is 10.5 Å². The van der Waals surface area contributed by atoms with Gasteiger partial charge in [-0.1, -0.05) is 6.07 Å². The molecular formula is C11H17FN2O. The average Bonchev–Trinajstić information content (AvgIpc) is 2.23. The third-order valence-electron chi connectivity index (χ3n) is 2.03. The van der Waals surface area contributed by atoms with Crippen LogP contribution in [0, 0.1) is 5.82 Å². The molecule has 3 nitrogen and oxygen atoms in total. The fourth-order valence-electron chi connectivity index (χ4n) is 1.31. The summed E-state index contributed by atoms with van der Waals surface area (Å²) < 4.78 is 18.5. The number of hydrogen-bond acceptors (Lipinski definition) is 3. The van der Waals surface area contributed by atoms with Crippen LogP contribution < -0.4 is 15.8 Å². The topological polar surface area (TPSA) is 47.3 Å². The van der Waals surface area contributed by atoms with Crippen molar-refractivity contribution < 1.29 is 9.13 Å². The monoisotopic (exact) mass is 212 g/mol. The fraction of sp³-hybridized carbons (Fsp3) is 0.455. The van der Waals surface area contributed by atoms with E-state index in [2.05, 4.69) is 5.32 Å². The zero-order chi connectivity index (χ0) is 11.1. The maximum absolute atomic E-state index is 13.4. The molecule has 0 aromatic heterocycles. The van der Waals surface area contributed by atoms with Gasteiger partial charge in [0.15, 0.2) is 11.6 Å². The van der Waals surface area contributed by atoms with Crippen molar-refractivity contribution in [1.82, 2.24) is 5.32 Å². The van der Waals surface area contributed by atoms with Crippen LogP contribution in [0.5, 0.6) is 5.75 Å². The minimum atomic E-state index is -0.304. The second-order valence-corrected chi connectivity index (χ2v) is 3.15. The second kappa shape index (κ2) is 6.37. The summed E-state index contributed by atoms with van der Waals surface area (Å²) in [6.45, 7) is 3.51. The van der Waals surface area contributed by atoms with Crippen molar-refractivity contribution in [2.45, 2.75) is 13.3 Å². The van der Waals surface area contributed by atoms with Crippen LogP contribution in [0.4, 0.5) is 4.39 Å². The van der Waals surface area contributed by atoms with E-state index >= 15 is 0 Å². The number of nitrogens with two attached hydrogens (primary N) is 1. The molecule has 0 saturated carbocycles. The van der Waals surface area contributed by atoms with Crippen LogP contribution in [0.15, 0.2) is 18.2 Å². The Morgan fingerprint density at radius 2 is 2.27 bits per heavy atom. The minimum absolute atomic E-state index is 0.304. The van der Waals surface area contributed by atoms with E-state index in [1.165, 1.54) is 6.07 Å². The Morgan fingerprint density at radius 1 is 1.47 bits per heavy atom. The molecule has 0 aliphatic carbocycles. The molecule has 0 radical (unpaired) electrons. The molecule has 0 amide bonds. The summed E-state index contributed by atoms with van der Waals surface area (Å²) >= 11 is 0. The Kier molecular flexibility index (Phi) is 5.07. The van der Waals surface area contributed by atoms with Gasteiger partial charge in [-0.3, -0.25) is 0 Å². The Hall–Kier alpha value is -1.13. The molecule has 4 heteroatoms. The molecule has 0 spiro atoms. The van der Waals surface area contributed by atoms with Gasteiger partial charge in [0.1, 0.15) is 0 Å². The van der Waals surface area contributed by atoms with E-state index < -0.39 is 0 Å². The molecule has 0 aliphatic rings. The van der Waals surface area contributed by atoms with Crippen molar-refractivity contribution in [3.05, 3.63) is 29.6 Å². The molecule has 3 N–H and O–H groups in total. The molecule has 1 aromatic rings. The van der Waals surface area contributed by atoms with E-state index in [1.54, 1.807) is 6.07 Å². The van der Waals surface area contributed by atoms with Gasteiger partial charge in [-0.25, -0.2) is 4.39 Å². The van der Waals surface area contributed by atoms with Gasteiger partial charge >= 0.3 is 0 Å². The van der Waals surface area contributed by atoms with E-state index in [0.717, 1.165) is 18.5 Å². The lowest BCUT2D eigenvalue weighted by Gasteiger charge is -2.07. The molecule has 0 bridgehead atoms. The molecule has 1 aromatic carbocycles. The van der Waals surface area contributed by atoms with Crippen LogP contribution in [0.2, 0.25) is 0 Å². The maximum atomic E-state index is 13.4. The first-order chi connectivity index (χ1) is 7.27. The average molecular weight is 212 g/mol. The number of nitrogens with one attached hydrogen (secondary N) is 1. The standard InChI is InChI=1S/C11H17FN2O/c1-2-15-11-4-3-9(7-10(11)12)5-6-14-8-13/h3-4,7,14H,2,5-6,8,13H2,1H3. The third kappa shape index (κ3) is 3.85. The molecule has 0 atom stereocenters. The van der Waals surface area contributed by atoms with Crippen molar-refractivity contribution in [2.24, 2.45) is 5.73 Å². The molecule has 1 rings (SSSR count). The van der Waals surface area contributed by atoms with Gasteiger partial charge in [0.25, 0.3) is 0 Å².